The first-order valence-corrected chi connectivity index (χ1v) is 11.5. The van der Waals surface area contributed by atoms with Gasteiger partial charge >= 0.3 is 0 Å². The standard InChI is InChI=1S/C23H34FN7O2/c1-22(2)12-16(4-10-33-22)13-30-8-5-23(15-25,6-9-30)31-14-18(20(26)32)21(29-31)28-17-3-7-27-19(24)11-17/h3,7,11,14,16H,4-6,8-10,12-13,15,25H2,1-2H3,(H2,26,32)(H,27,28,29). The minimum Gasteiger partial charge on any atom is -0.376 e. The number of likely N-dealkylation sites (tertiary alicyclic amines) is 1. The summed E-state index contributed by atoms with van der Waals surface area (Å²) in [5, 5.41) is 7.62. The van der Waals surface area contributed by atoms with Crippen molar-refractivity contribution in [2.75, 3.05) is 38.1 Å². The highest BCUT2D eigenvalue weighted by atomic mass is 19.1. The summed E-state index contributed by atoms with van der Waals surface area (Å²) >= 11 is 0. The number of nitrogens with one attached hydrogen (secondary N) is 1. The average molecular weight is 460 g/mol. The molecule has 4 heterocycles. The van der Waals surface area contributed by atoms with E-state index in [0.29, 0.717) is 18.2 Å². The van der Waals surface area contributed by atoms with Gasteiger partial charge in [-0.15, -0.1) is 0 Å². The fraction of sp³-hybridized carbons (Fsp3) is 0.609. The van der Waals surface area contributed by atoms with Crippen molar-refractivity contribution in [2.45, 2.75) is 50.7 Å². The van der Waals surface area contributed by atoms with Gasteiger partial charge in [0.05, 0.1) is 11.1 Å². The van der Waals surface area contributed by atoms with Crippen LogP contribution in [0.5, 0.6) is 0 Å². The third-order valence-corrected chi connectivity index (χ3v) is 6.94. The Kier molecular flexibility index (Phi) is 6.69. The summed E-state index contributed by atoms with van der Waals surface area (Å²) < 4.78 is 21.1. The van der Waals surface area contributed by atoms with E-state index in [0.717, 1.165) is 51.9 Å². The molecule has 2 aliphatic rings. The van der Waals surface area contributed by atoms with Crippen LogP contribution in [0.25, 0.3) is 0 Å². The van der Waals surface area contributed by atoms with Crippen molar-refractivity contribution in [3.63, 3.8) is 0 Å². The van der Waals surface area contributed by atoms with E-state index >= 15 is 0 Å². The summed E-state index contributed by atoms with van der Waals surface area (Å²) in [6.07, 6.45) is 6.80. The molecule has 2 aromatic heterocycles. The maximum atomic E-state index is 13.5. The van der Waals surface area contributed by atoms with Crippen LogP contribution < -0.4 is 16.8 Å². The number of anilines is 2. The maximum absolute atomic E-state index is 13.5. The predicted molar refractivity (Wildman–Crippen MR) is 124 cm³/mol. The van der Waals surface area contributed by atoms with Crippen LogP contribution in [0.4, 0.5) is 15.9 Å². The molecule has 0 aromatic carbocycles. The molecule has 1 atom stereocenters. The third kappa shape index (κ3) is 5.34. The molecular formula is C23H34FN7O2. The summed E-state index contributed by atoms with van der Waals surface area (Å²) in [7, 11) is 0. The molecule has 2 aromatic rings. The predicted octanol–water partition coefficient (Wildman–Crippen LogP) is 2.21. The number of ether oxygens (including phenoxy) is 1. The zero-order chi connectivity index (χ0) is 23.6. The zero-order valence-electron chi connectivity index (χ0n) is 19.4. The molecule has 5 N–H and O–H groups in total. The minimum atomic E-state index is -0.626. The fourth-order valence-electron chi connectivity index (χ4n) is 5.06. The number of carbonyl (C=O) groups excluding carboxylic acids is 1. The molecule has 2 aliphatic heterocycles. The Labute approximate surface area is 193 Å². The fourth-order valence-corrected chi connectivity index (χ4v) is 5.06. The molecule has 1 amide bonds. The molecule has 180 valence electrons. The van der Waals surface area contributed by atoms with Crippen molar-refractivity contribution in [3.05, 3.63) is 36.0 Å². The van der Waals surface area contributed by atoms with Gasteiger partial charge in [-0.2, -0.15) is 9.49 Å². The molecule has 1 unspecified atom stereocenters. The number of hydrogen-bond acceptors (Lipinski definition) is 7. The van der Waals surface area contributed by atoms with Crippen LogP contribution in [0.3, 0.4) is 0 Å². The Bertz CT molecular complexity index is 985. The lowest BCUT2D eigenvalue weighted by Gasteiger charge is -2.43. The number of nitrogens with two attached hydrogens (primary N) is 2. The SMILES string of the molecule is CC1(C)CC(CN2CCC(CN)(n3cc(C(N)=O)c(Nc4ccnc(F)c4)n3)CC2)CCO1. The quantitative estimate of drug-likeness (QED) is 0.542. The van der Waals surface area contributed by atoms with Crippen molar-refractivity contribution >= 4 is 17.4 Å². The van der Waals surface area contributed by atoms with E-state index in [-0.39, 0.29) is 17.0 Å². The maximum Gasteiger partial charge on any atom is 0.254 e. The van der Waals surface area contributed by atoms with E-state index in [2.05, 4.69) is 34.1 Å². The lowest BCUT2D eigenvalue weighted by atomic mass is 9.85. The van der Waals surface area contributed by atoms with Crippen molar-refractivity contribution in [1.82, 2.24) is 19.7 Å². The molecule has 2 saturated heterocycles. The molecule has 0 aliphatic carbocycles. The van der Waals surface area contributed by atoms with Gasteiger partial charge < -0.3 is 26.4 Å². The Balaban J connectivity index is 1.47. The number of rotatable bonds is 7. The van der Waals surface area contributed by atoms with Crippen molar-refractivity contribution in [1.29, 1.82) is 0 Å². The van der Waals surface area contributed by atoms with Gasteiger partial charge in [-0.1, -0.05) is 0 Å². The summed E-state index contributed by atoms with van der Waals surface area (Å²) in [5.41, 5.74) is 12.1. The van der Waals surface area contributed by atoms with Crippen molar-refractivity contribution in [3.8, 4) is 0 Å². The monoisotopic (exact) mass is 459 g/mol. The van der Waals surface area contributed by atoms with Gasteiger partial charge in [-0.3, -0.25) is 9.48 Å². The van der Waals surface area contributed by atoms with E-state index in [1.54, 1.807) is 16.9 Å². The third-order valence-electron chi connectivity index (χ3n) is 6.94. The van der Waals surface area contributed by atoms with Crippen molar-refractivity contribution < 1.29 is 13.9 Å². The van der Waals surface area contributed by atoms with Crippen LogP contribution >= 0.6 is 0 Å². The van der Waals surface area contributed by atoms with Gasteiger partial charge in [0, 0.05) is 56.9 Å². The molecule has 0 bridgehead atoms. The minimum absolute atomic E-state index is 0.0545. The largest absolute Gasteiger partial charge is 0.376 e. The average Bonchev–Trinajstić information content (AvgIpc) is 3.18. The molecule has 0 saturated carbocycles. The summed E-state index contributed by atoms with van der Waals surface area (Å²) in [5.74, 6) is -0.321. The molecule has 2 fully saturated rings. The highest BCUT2D eigenvalue weighted by molar-refractivity contribution is 5.98. The molecule has 0 radical (unpaired) electrons. The number of pyridine rings is 1. The lowest BCUT2D eigenvalue weighted by molar-refractivity contribution is -0.0785. The van der Waals surface area contributed by atoms with Crippen molar-refractivity contribution in [2.24, 2.45) is 17.4 Å². The van der Waals surface area contributed by atoms with Crippen LogP contribution in [-0.4, -0.2) is 64.0 Å². The molecular weight excluding hydrogens is 425 g/mol. The van der Waals surface area contributed by atoms with Crippen LogP contribution in [0.15, 0.2) is 24.5 Å². The zero-order valence-corrected chi connectivity index (χ0v) is 19.4. The highest BCUT2D eigenvalue weighted by Gasteiger charge is 2.38. The molecule has 9 nitrogen and oxygen atoms in total. The van der Waals surface area contributed by atoms with Gasteiger partial charge in [0.25, 0.3) is 5.91 Å². The Morgan fingerprint density at radius 1 is 1.36 bits per heavy atom. The van der Waals surface area contributed by atoms with Crippen LogP contribution in [0.2, 0.25) is 0 Å². The van der Waals surface area contributed by atoms with Gasteiger partial charge in [0.1, 0.15) is 5.56 Å². The Morgan fingerprint density at radius 3 is 2.76 bits per heavy atom. The topological polar surface area (TPSA) is 124 Å². The first-order valence-electron chi connectivity index (χ1n) is 11.5. The van der Waals surface area contributed by atoms with Crippen LogP contribution in [-0.2, 0) is 10.3 Å². The van der Waals surface area contributed by atoms with E-state index in [1.165, 1.54) is 12.3 Å². The lowest BCUT2D eigenvalue weighted by Crippen LogP contribution is -2.52. The molecule has 33 heavy (non-hydrogen) atoms. The van der Waals surface area contributed by atoms with E-state index in [9.17, 15) is 9.18 Å². The van der Waals surface area contributed by atoms with Gasteiger partial charge in [-0.25, -0.2) is 4.98 Å². The van der Waals surface area contributed by atoms with E-state index in [1.807, 2.05) is 0 Å². The number of nitrogens with zero attached hydrogens (tertiary/aromatic N) is 4. The highest BCUT2D eigenvalue weighted by Crippen LogP contribution is 2.34. The van der Waals surface area contributed by atoms with E-state index < -0.39 is 17.4 Å². The Morgan fingerprint density at radius 2 is 2.12 bits per heavy atom. The number of amides is 1. The van der Waals surface area contributed by atoms with Crippen LogP contribution in [0, 0.1) is 11.9 Å². The summed E-state index contributed by atoms with van der Waals surface area (Å²) in [4.78, 5) is 18.1. The molecule has 4 rings (SSSR count). The number of carbonyl (C=O) groups is 1. The first-order chi connectivity index (χ1) is 15.7. The Hall–Kier alpha value is -2.56. The van der Waals surface area contributed by atoms with Gasteiger partial charge in [0.2, 0.25) is 5.95 Å². The second-order valence-corrected chi connectivity index (χ2v) is 9.89. The number of halogens is 1. The molecule has 10 heteroatoms. The van der Waals surface area contributed by atoms with Gasteiger partial charge in [-0.05, 0) is 51.5 Å². The first kappa shape index (κ1) is 23.6. The number of piperidine rings is 1. The number of primary amides is 1. The van der Waals surface area contributed by atoms with E-state index in [4.69, 9.17) is 16.2 Å². The number of aromatic nitrogens is 3. The summed E-state index contributed by atoms with van der Waals surface area (Å²) in [6.45, 7) is 8.40. The second-order valence-electron chi connectivity index (χ2n) is 9.89. The number of hydrogen-bond donors (Lipinski definition) is 3. The van der Waals surface area contributed by atoms with Gasteiger partial charge in [0.15, 0.2) is 5.82 Å². The van der Waals surface area contributed by atoms with Crippen LogP contribution in [0.1, 0.15) is 49.9 Å². The molecule has 0 spiro atoms. The second kappa shape index (κ2) is 9.36. The normalized spacial score (nSPS) is 22.7. The summed E-state index contributed by atoms with van der Waals surface area (Å²) in [6, 6.07) is 2.83. The smallest absolute Gasteiger partial charge is 0.254 e.